The van der Waals surface area contributed by atoms with Gasteiger partial charge in [-0.05, 0) is 100 Å². The van der Waals surface area contributed by atoms with Crippen molar-refractivity contribution in [3.63, 3.8) is 0 Å². The SMILES string of the molecule is COc1ccc(C2(CCN(Cc3ccc(O[C@H]4CC[C@H](CC(=O)O)CC4)c(Cl)c3)C(=O)C(C)(C)C)CCOC(C)(C)C2)cc1. The number of ether oxygens (including phenoxy) is 3. The number of amides is 1. The highest BCUT2D eigenvalue weighted by molar-refractivity contribution is 6.32. The first kappa shape index (κ1) is 34.1. The number of halogens is 1. The molecule has 1 atom stereocenters. The molecule has 0 radical (unpaired) electrons. The molecule has 0 aromatic heterocycles. The fourth-order valence-corrected chi connectivity index (χ4v) is 7.19. The molecule has 1 N–H and O–H groups in total. The van der Waals surface area contributed by atoms with Gasteiger partial charge >= 0.3 is 5.97 Å². The summed E-state index contributed by atoms with van der Waals surface area (Å²) in [6.07, 6.45) is 6.14. The summed E-state index contributed by atoms with van der Waals surface area (Å²) in [5, 5.41) is 9.62. The molecule has 1 aliphatic heterocycles. The van der Waals surface area contributed by atoms with Gasteiger partial charge < -0.3 is 24.2 Å². The van der Waals surface area contributed by atoms with E-state index >= 15 is 0 Å². The van der Waals surface area contributed by atoms with Crippen LogP contribution in [0.25, 0.3) is 0 Å². The van der Waals surface area contributed by atoms with Crippen LogP contribution in [0, 0.1) is 11.3 Å². The average molecular weight is 628 g/mol. The quantitative estimate of drug-likeness (QED) is 0.271. The average Bonchev–Trinajstić information content (AvgIpc) is 2.96. The van der Waals surface area contributed by atoms with Crippen LogP contribution < -0.4 is 9.47 Å². The molecule has 1 amide bonds. The second-order valence-electron chi connectivity index (χ2n) is 14.4. The lowest BCUT2D eigenvalue weighted by atomic mass is 9.67. The van der Waals surface area contributed by atoms with Gasteiger partial charge in [0.25, 0.3) is 0 Å². The van der Waals surface area contributed by atoms with E-state index in [9.17, 15) is 9.59 Å². The maximum atomic E-state index is 13.8. The Labute approximate surface area is 268 Å². The molecule has 1 heterocycles. The minimum absolute atomic E-state index is 0.0280. The van der Waals surface area contributed by atoms with Crippen molar-refractivity contribution in [1.29, 1.82) is 0 Å². The zero-order valence-electron chi connectivity index (χ0n) is 27.3. The largest absolute Gasteiger partial charge is 0.497 e. The number of carbonyl (C=O) groups excluding carboxylic acids is 1. The Morgan fingerprint density at radius 3 is 2.32 bits per heavy atom. The molecular formula is C36H50ClNO6. The summed E-state index contributed by atoms with van der Waals surface area (Å²) in [7, 11) is 1.68. The van der Waals surface area contributed by atoms with Gasteiger partial charge in [0.15, 0.2) is 0 Å². The van der Waals surface area contributed by atoms with Crippen LogP contribution >= 0.6 is 11.6 Å². The van der Waals surface area contributed by atoms with Crippen LogP contribution in [0.1, 0.15) is 97.1 Å². The molecule has 2 fully saturated rings. The first-order valence-corrected chi connectivity index (χ1v) is 16.3. The van der Waals surface area contributed by atoms with E-state index in [1.807, 2.05) is 56.0 Å². The van der Waals surface area contributed by atoms with Crippen LogP contribution in [0.4, 0.5) is 0 Å². The molecule has 1 saturated heterocycles. The number of carboxylic acid groups (broad SMARTS) is 1. The second-order valence-corrected chi connectivity index (χ2v) is 14.8. The first-order chi connectivity index (χ1) is 20.7. The molecule has 2 aromatic carbocycles. The van der Waals surface area contributed by atoms with Gasteiger partial charge in [0.05, 0.1) is 23.8 Å². The Morgan fingerprint density at radius 2 is 1.75 bits per heavy atom. The van der Waals surface area contributed by atoms with Crippen molar-refractivity contribution in [2.75, 3.05) is 20.3 Å². The minimum Gasteiger partial charge on any atom is -0.497 e. The topological polar surface area (TPSA) is 85.3 Å². The molecule has 0 spiro atoms. The summed E-state index contributed by atoms with van der Waals surface area (Å²) in [4.78, 5) is 26.8. The van der Waals surface area contributed by atoms with Crippen molar-refractivity contribution in [2.24, 2.45) is 11.3 Å². The number of carbonyl (C=O) groups is 2. The normalized spacial score (nSPS) is 23.5. The maximum absolute atomic E-state index is 13.8. The van der Waals surface area contributed by atoms with Gasteiger partial charge in [0.2, 0.25) is 5.91 Å². The van der Waals surface area contributed by atoms with Crippen LogP contribution in [0.15, 0.2) is 42.5 Å². The van der Waals surface area contributed by atoms with Crippen LogP contribution in [0.2, 0.25) is 5.02 Å². The van der Waals surface area contributed by atoms with Crippen molar-refractivity contribution in [2.45, 2.75) is 110 Å². The lowest BCUT2D eigenvalue weighted by Crippen LogP contribution is -2.47. The van der Waals surface area contributed by atoms with Crippen LogP contribution in [-0.4, -0.2) is 53.8 Å². The Morgan fingerprint density at radius 1 is 1.07 bits per heavy atom. The number of rotatable bonds is 11. The predicted molar refractivity (Wildman–Crippen MR) is 174 cm³/mol. The highest BCUT2D eigenvalue weighted by Crippen LogP contribution is 2.45. The number of hydrogen-bond acceptors (Lipinski definition) is 5. The summed E-state index contributed by atoms with van der Waals surface area (Å²) in [5.74, 6) is 1.04. The molecule has 1 aliphatic carbocycles. The highest BCUT2D eigenvalue weighted by Gasteiger charge is 2.43. The molecule has 0 bridgehead atoms. The third-order valence-corrected chi connectivity index (χ3v) is 9.54. The first-order valence-electron chi connectivity index (χ1n) is 15.9. The second kappa shape index (κ2) is 14.1. The van der Waals surface area contributed by atoms with Crippen molar-refractivity contribution >= 4 is 23.5 Å². The summed E-state index contributed by atoms with van der Waals surface area (Å²) in [6.45, 7) is 11.9. The van der Waals surface area contributed by atoms with Gasteiger partial charge in [-0.25, -0.2) is 0 Å². The summed E-state index contributed by atoms with van der Waals surface area (Å²) in [6, 6.07) is 14.2. The third-order valence-electron chi connectivity index (χ3n) is 9.25. The Kier molecular flexibility index (Phi) is 10.9. The number of methoxy groups -OCH3 is 1. The van der Waals surface area contributed by atoms with Gasteiger partial charge in [-0.15, -0.1) is 0 Å². The molecule has 44 heavy (non-hydrogen) atoms. The third kappa shape index (κ3) is 8.91. The molecule has 7 nitrogen and oxygen atoms in total. The zero-order chi connectivity index (χ0) is 32.1. The molecule has 242 valence electrons. The number of nitrogens with zero attached hydrogens (tertiary/aromatic N) is 1. The zero-order valence-corrected chi connectivity index (χ0v) is 28.0. The minimum atomic E-state index is -0.737. The summed E-state index contributed by atoms with van der Waals surface area (Å²) in [5.41, 5.74) is 1.27. The van der Waals surface area contributed by atoms with E-state index in [2.05, 4.69) is 26.0 Å². The fourth-order valence-electron chi connectivity index (χ4n) is 6.94. The number of hydrogen-bond donors (Lipinski definition) is 1. The van der Waals surface area contributed by atoms with E-state index < -0.39 is 11.4 Å². The van der Waals surface area contributed by atoms with Crippen molar-refractivity contribution in [1.82, 2.24) is 4.90 Å². The van der Waals surface area contributed by atoms with Gasteiger partial charge in [0, 0.05) is 36.9 Å². The van der Waals surface area contributed by atoms with Gasteiger partial charge in [-0.2, -0.15) is 0 Å². The van der Waals surface area contributed by atoms with Gasteiger partial charge in [-0.3, -0.25) is 9.59 Å². The van der Waals surface area contributed by atoms with E-state index in [0.29, 0.717) is 30.5 Å². The smallest absolute Gasteiger partial charge is 0.303 e. The Hall–Kier alpha value is -2.77. The fraction of sp³-hybridized carbons (Fsp3) is 0.611. The summed E-state index contributed by atoms with van der Waals surface area (Å²) >= 11 is 6.73. The monoisotopic (exact) mass is 627 g/mol. The molecule has 2 aliphatic rings. The van der Waals surface area contributed by atoms with Crippen LogP contribution in [-0.2, 0) is 26.3 Å². The van der Waals surface area contributed by atoms with Gasteiger partial charge in [0.1, 0.15) is 11.5 Å². The molecule has 1 unspecified atom stereocenters. The molecule has 2 aromatic rings. The van der Waals surface area contributed by atoms with Crippen molar-refractivity contribution < 1.29 is 28.9 Å². The van der Waals surface area contributed by atoms with Crippen molar-refractivity contribution in [3.05, 3.63) is 58.6 Å². The van der Waals surface area contributed by atoms with Crippen molar-refractivity contribution in [3.8, 4) is 11.5 Å². The number of benzene rings is 2. The molecular weight excluding hydrogens is 578 g/mol. The Bertz CT molecular complexity index is 1280. The number of carboxylic acids is 1. The molecule has 1 saturated carbocycles. The van der Waals surface area contributed by atoms with E-state index in [-0.39, 0.29) is 35.4 Å². The predicted octanol–water partition coefficient (Wildman–Crippen LogP) is 8.05. The van der Waals surface area contributed by atoms with E-state index in [0.717, 1.165) is 56.3 Å². The van der Waals surface area contributed by atoms with E-state index in [4.69, 9.17) is 30.9 Å². The van der Waals surface area contributed by atoms with Gasteiger partial charge in [-0.1, -0.05) is 50.6 Å². The van der Waals surface area contributed by atoms with Crippen LogP contribution in [0.5, 0.6) is 11.5 Å². The standard InChI is InChI=1S/C36H50ClNO6/c1-34(2,3)33(41)38(19-17-36(18-20-43-35(4,5)24-36)27-10-14-28(42-6)15-11-27)23-26-9-16-31(30(37)21-26)44-29-12-7-25(8-13-29)22-32(39)40/h9-11,14-16,21,25,29H,7-8,12-13,17-20,22-24H2,1-6H3,(H,39,40)/t25-,29-,36?. The molecule has 4 rings (SSSR count). The maximum Gasteiger partial charge on any atom is 0.303 e. The number of aliphatic carboxylic acids is 1. The lowest BCUT2D eigenvalue weighted by Gasteiger charge is -2.46. The summed E-state index contributed by atoms with van der Waals surface area (Å²) < 4.78 is 17.8. The van der Waals surface area contributed by atoms with E-state index in [1.54, 1.807) is 7.11 Å². The highest BCUT2D eigenvalue weighted by atomic mass is 35.5. The van der Waals surface area contributed by atoms with E-state index in [1.165, 1.54) is 5.56 Å². The van der Waals surface area contributed by atoms with Crippen LogP contribution in [0.3, 0.4) is 0 Å². The molecule has 8 heteroatoms. The lowest BCUT2D eigenvalue weighted by molar-refractivity contribution is -0.141. The Balaban J connectivity index is 1.49.